The van der Waals surface area contributed by atoms with Crippen LogP contribution < -0.4 is 10.1 Å². The van der Waals surface area contributed by atoms with Gasteiger partial charge in [0.1, 0.15) is 17.8 Å². The van der Waals surface area contributed by atoms with E-state index in [2.05, 4.69) is 15.4 Å². The number of nitrogens with one attached hydrogen (secondary N) is 1. The van der Waals surface area contributed by atoms with Gasteiger partial charge < -0.3 is 14.8 Å². The van der Waals surface area contributed by atoms with Crippen LogP contribution in [0.5, 0.6) is 5.75 Å². The molecule has 1 amide bonds. The summed E-state index contributed by atoms with van der Waals surface area (Å²) in [5, 5.41) is 7.11. The number of fused-ring (bicyclic) bond motifs is 1. The number of methoxy groups -OCH3 is 1. The van der Waals surface area contributed by atoms with E-state index in [9.17, 15) is 9.59 Å². The van der Waals surface area contributed by atoms with E-state index in [0.717, 1.165) is 17.0 Å². The molecular formula is C20H22N4O4. The van der Waals surface area contributed by atoms with Crippen molar-refractivity contribution in [1.82, 2.24) is 14.6 Å². The molecule has 0 atom stereocenters. The van der Waals surface area contributed by atoms with Crippen molar-refractivity contribution in [2.45, 2.75) is 32.8 Å². The summed E-state index contributed by atoms with van der Waals surface area (Å²) < 4.78 is 11.9. The molecule has 0 aliphatic heterocycles. The van der Waals surface area contributed by atoms with Crippen LogP contribution in [0.25, 0.3) is 16.9 Å². The number of benzene rings is 1. The topological polar surface area (TPSA) is 94.8 Å². The van der Waals surface area contributed by atoms with Crippen LogP contribution in [-0.2, 0) is 14.3 Å². The maximum atomic E-state index is 12.0. The highest BCUT2D eigenvalue weighted by Crippen LogP contribution is 2.22. The summed E-state index contributed by atoms with van der Waals surface area (Å²) in [6, 6.07) is 11.2. The number of amides is 1. The molecule has 0 saturated heterocycles. The highest BCUT2D eigenvalue weighted by Gasteiger charge is 2.19. The lowest BCUT2D eigenvalue weighted by Gasteiger charge is -2.19. The number of esters is 1. The second-order valence-electron chi connectivity index (χ2n) is 7.19. The lowest BCUT2D eigenvalue weighted by Crippen LogP contribution is -2.27. The van der Waals surface area contributed by atoms with Crippen LogP contribution in [0.4, 0.5) is 5.82 Å². The molecule has 1 N–H and O–H groups in total. The summed E-state index contributed by atoms with van der Waals surface area (Å²) in [6.07, 6.45) is 1.21. The lowest BCUT2D eigenvalue weighted by molar-refractivity contribution is -0.155. The highest BCUT2D eigenvalue weighted by atomic mass is 16.6. The van der Waals surface area contributed by atoms with Crippen LogP contribution in [0, 0.1) is 0 Å². The Kier molecular flexibility index (Phi) is 5.30. The van der Waals surface area contributed by atoms with Crippen molar-refractivity contribution < 1.29 is 19.1 Å². The zero-order valence-corrected chi connectivity index (χ0v) is 16.2. The minimum atomic E-state index is -0.638. The molecule has 0 aliphatic carbocycles. The molecule has 0 aliphatic rings. The first-order valence-corrected chi connectivity index (χ1v) is 8.76. The average Bonchev–Trinajstić information content (AvgIpc) is 3.00. The van der Waals surface area contributed by atoms with E-state index >= 15 is 0 Å². The molecule has 3 rings (SSSR count). The molecule has 0 radical (unpaired) electrons. The molecule has 0 spiro atoms. The number of nitrogens with zero attached hydrogens (tertiary/aromatic N) is 3. The summed E-state index contributed by atoms with van der Waals surface area (Å²) in [5.74, 6) is -0.0400. The number of aromatic nitrogens is 3. The zero-order chi connectivity index (χ0) is 20.3. The number of carbonyl (C=O) groups is 2. The van der Waals surface area contributed by atoms with Gasteiger partial charge in [-0.15, -0.1) is 0 Å². The first-order chi connectivity index (χ1) is 13.2. The first kappa shape index (κ1) is 19.3. The third-order valence-electron chi connectivity index (χ3n) is 3.68. The maximum absolute atomic E-state index is 12.0. The van der Waals surface area contributed by atoms with Crippen LogP contribution in [0.3, 0.4) is 0 Å². The number of hydrogen-bond acceptors (Lipinski definition) is 6. The van der Waals surface area contributed by atoms with Gasteiger partial charge in [0.15, 0.2) is 11.5 Å². The van der Waals surface area contributed by atoms with Gasteiger partial charge in [0.25, 0.3) is 0 Å². The van der Waals surface area contributed by atoms with Crippen molar-refractivity contribution in [2.24, 2.45) is 0 Å². The lowest BCUT2D eigenvalue weighted by atomic mass is 10.1. The van der Waals surface area contributed by atoms with Crippen LogP contribution in [-0.4, -0.2) is 39.2 Å². The average molecular weight is 382 g/mol. The minimum absolute atomic E-state index is 0.309. The van der Waals surface area contributed by atoms with Crippen LogP contribution >= 0.6 is 0 Å². The quantitative estimate of drug-likeness (QED) is 0.538. The maximum Gasteiger partial charge on any atom is 0.315 e. The molecule has 2 heterocycles. The standard InChI is InChI=1S/C20H22N4O4/c1-20(2,3)28-19(26)11-18(25)22-16-12-24-17(21-16)9-8-15(23-24)13-6-5-7-14(10-13)27-4/h5-10,12H,11H2,1-4H3,(H,22,25). The molecule has 0 fully saturated rings. The van der Waals surface area contributed by atoms with E-state index in [4.69, 9.17) is 9.47 Å². The number of carbonyl (C=O) groups excluding carboxylic acids is 2. The van der Waals surface area contributed by atoms with Gasteiger partial charge in [-0.3, -0.25) is 9.59 Å². The predicted molar refractivity (Wildman–Crippen MR) is 104 cm³/mol. The van der Waals surface area contributed by atoms with E-state index in [1.54, 1.807) is 44.7 Å². The molecular weight excluding hydrogens is 360 g/mol. The molecule has 2 aromatic heterocycles. The van der Waals surface area contributed by atoms with Crippen LogP contribution in [0.2, 0.25) is 0 Å². The van der Waals surface area contributed by atoms with Crippen molar-refractivity contribution in [3.63, 3.8) is 0 Å². The number of ether oxygens (including phenoxy) is 2. The summed E-state index contributed by atoms with van der Waals surface area (Å²) >= 11 is 0. The Bertz CT molecular complexity index is 1020. The molecule has 0 unspecified atom stereocenters. The second kappa shape index (κ2) is 7.67. The molecule has 28 heavy (non-hydrogen) atoms. The Labute approximate surface area is 162 Å². The summed E-state index contributed by atoms with van der Waals surface area (Å²) in [7, 11) is 1.61. The van der Waals surface area contributed by atoms with E-state index < -0.39 is 17.5 Å². The third-order valence-corrected chi connectivity index (χ3v) is 3.68. The Morgan fingerprint density at radius 3 is 2.68 bits per heavy atom. The van der Waals surface area contributed by atoms with Gasteiger partial charge in [0.2, 0.25) is 5.91 Å². The van der Waals surface area contributed by atoms with Crippen molar-refractivity contribution in [2.75, 3.05) is 12.4 Å². The van der Waals surface area contributed by atoms with Gasteiger partial charge >= 0.3 is 5.97 Å². The highest BCUT2D eigenvalue weighted by molar-refractivity contribution is 6.01. The Hall–Kier alpha value is -3.42. The molecule has 1 aromatic carbocycles. The summed E-state index contributed by atoms with van der Waals surface area (Å²) in [6.45, 7) is 5.24. The van der Waals surface area contributed by atoms with Gasteiger partial charge in [0.05, 0.1) is 19.0 Å². The summed E-state index contributed by atoms with van der Waals surface area (Å²) in [4.78, 5) is 28.1. The van der Waals surface area contributed by atoms with Crippen molar-refractivity contribution in [3.05, 3.63) is 42.6 Å². The SMILES string of the molecule is COc1cccc(-c2ccc3nc(NC(=O)CC(=O)OC(C)(C)C)cn3n2)c1. The van der Waals surface area contributed by atoms with Crippen molar-refractivity contribution >= 4 is 23.3 Å². The van der Waals surface area contributed by atoms with E-state index in [1.165, 1.54) is 0 Å². The Morgan fingerprint density at radius 2 is 1.96 bits per heavy atom. The van der Waals surface area contributed by atoms with Gasteiger partial charge in [-0.25, -0.2) is 9.50 Å². The number of rotatable bonds is 5. The monoisotopic (exact) mass is 382 g/mol. The zero-order valence-electron chi connectivity index (χ0n) is 16.2. The Morgan fingerprint density at radius 1 is 1.18 bits per heavy atom. The van der Waals surface area contributed by atoms with Crippen LogP contribution in [0.1, 0.15) is 27.2 Å². The van der Waals surface area contributed by atoms with Gasteiger partial charge in [-0.1, -0.05) is 12.1 Å². The van der Waals surface area contributed by atoms with Crippen molar-refractivity contribution in [3.8, 4) is 17.0 Å². The molecule has 146 valence electrons. The van der Waals surface area contributed by atoms with E-state index in [-0.39, 0.29) is 6.42 Å². The molecule has 8 nitrogen and oxygen atoms in total. The predicted octanol–water partition coefficient (Wildman–Crippen LogP) is 3.08. The van der Waals surface area contributed by atoms with Crippen molar-refractivity contribution in [1.29, 1.82) is 0 Å². The molecule has 0 saturated carbocycles. The van der Waals surface area contributed by atoms with Crippen LogP contribution in [0.15, 0.2) is 42.6 Å². The number of anilines is 1. The van der Waals surface area contributed by atoms with E-state index in [0.29, 0.717) is 11.5 Å². The molecule has 3 aromatic rings. The smallest absolute Gasteiger partial charge is 0.315 e. The van der Waals surface area contributed by atoms with E-state index in [1.807, 2.05) is 30.3 Å². The fourth-order valence-corrected chi connectivity index (χ4v) is 2.57. The third kappa shape index (κ3) is 4.85. The fraction of sp³-hybridized carbons (Fsp3) is 0.300. The Balaban J connectivity index is 1.74. The minimum Gasteiger partial charge on any atom is -0.497 e. The normalized spacial score (nSPS) is 11.3. The molecule has 0 bridgehead atoms. The second-order valence-corrected chi connectivity index (χ2v) is 7.19. The molecule has 8 heteroatoms. The largest absolute Gasteiger partial charge is 0.497 e. The number of hydrogen-bond donors (Lipinski definition) is 1. The fourth-order valence-electron chi connectivity index (χ4n) is 2.57. The summed E-state index contributed by atoms with van der Waals surface area (Å²) in [5.41, 5.74) is 1.56. The van der Waals surface area contributed by atoms with Gasteiger partial charge in [0, 0.05) is 5.56 Å². The van der Waals surface area contributed by atoms with Gasteiger partial charge in [-0.2, -0.15) is 5.10 Å². The number of imidazole rings is 1. The first-order valence-electron chi connectivity index (χ1n) is 8.76. The van der Waals surface area contributed by atoms with Gasteiger partial charge in [-0.05, 0) is 45.0 Å².